The number of carboxylic acid groups (broad SMARTS) is 1. The zero-order chi connectivity index (χ0) is 20.4. The van der Waals surface area contributed by atoms with Crippen LogP contribution in [-0.4, -0.2) is 103 Å². The van der Waals surface area contributed by atoms with Gasteiger partial charge in [-0.1, -0.05) is 0 Å². The molecule has 2 aliphatic rings. The van der Waals surface area contributed by atoms with Crippen LogP contribution in [0.1, 0.15) is 16.9 Å². The number of carbonyl (C=O) groups excluding carboxylic acids is 1. The molecule has 0 aromatic carbocycles. The molecule has 2 saturated heterocycles. The van der Waals surface area contributed by atoms with Crippen LogP contribution < -0.4 is 0 Å². The minimum atomic E-state index is -0.904. The van der Waals surface area contributed by atoms with Crippen molar-refractivity contribution in [3.8, 4) is 0 Å². The summed E-state index contributed by atoms with van der Waals surface area (Å²) in [6, 6.07) is 0.701. The van der Waals surface area contributed by atoms with Crippen LogP contribution in [0, 0.1) is 11.6 Å². The minimum Gasteiger partial charge on any atom is -0.483 e. The van der Waals surface area contributed by atoms with Crippen LogP contribution in [0.4, 0.5) is 8.78 Å². The molecule has 0 atom stereocenters. The lowest BCUT2D eigenvalue weighted by molar-refractivity contribution is -0.122. The summed E-state index contributed by atoms with van der Waals surface area (Å²) in [7, 11) is 0. The molecule has 8 nitrogen and oxygen atoms in total. The number of amides is 1. The number of hydrogen-bond donors (Lipinski definition) is 1. The van der Waals surface area contributed by atoms with Crippen molar-refractivity contribution in [1.29, 1.82) is 0 Å². The van der Waals surface area contributed by atoms with Crippen molar-refractivity contribution in [1.82, 2.24) is 19.7 Å². The van der Waals surface area contributed by atoms with Crippen molar-refractivity contribution in [2.45, 2.75) is 6.42 Å². The number of aromatic nitrogens is 1. The second-order valence-corrected chi connectivity index (χ2v) is 6.53. The van der Waals surface area contributed by atoms with Gasteiger partial charge in [-0.05, 0) is 13.0 Å². The fourth-order valence-corrected chi connectivity index (χ4v) is 3.23. The molecule has 3 rings (SSSR count). The molecule has 0 spiro atoms. The maximum atomic E-state index is 13.8. The highest BCUT2D eigenvalue weighted by Crippen LogP contribution is 2.12. The monoisotopic (exact) mass is 400 g/mol. The molecule has 1 N–H and O–H groups in total. The van der Waals surface area contributed by atoms with Crippen molar-refractivity contribution < 1.29 is 28.2 Å². The first kappa shape index (κ1) is 22.1. The Kier molecular flexibility index (Phi) is 9.18. The second kappa shape index (κ2) is 11.6. The van der Waals surface area contributed by atoms with Gasteiger partial charge in [-0.2, -0.15) is 0 Å². The van der Waals surface area contributed by atoms with E-state index in [0.29, 0.717) is 19.2 Å². The third-order valence-corrected chi connectivity index (χ3v) is 4.72. The van der Waals surface area contributed by atoms with E-state index in [-0.39, 0.29) is 12.2 Å². The molecule has 1 aromatic rings. The zero-order valence-corrected chi connectivity index (χ0v) is 15.7. The Morgan fingerprint density at radius 3 is 2.39 bits per heavy atom. The predicted molar refractivity (Wildman–Crippen MR) is 97.1 cm³/mol. The molecule has 156 valence electrons. The molecule has 2 aliphatic heterocycles. The van der Waals surface area contributed by atoms with Crippen molar-refractivity contribution in [3.63, 3.8) is 0 Å². The van der Waals surface area contributed by atoms with Gasteiger partial charge in [0.25, 0.3) is 12.4 Å². The molecule has 10 heteroatoms. The standard InChI is InChI=1S/C17H24F2N4O2.CH2O2/c18-14-12-15(19)16(20-13-14)17(24)23-3-1-2-21(6-7-23)4-5-22-8-10-25-11-9-22;2-1-3/h12-13H,1-11H2;1H,(H,2,3). The molecule has 28 heavy (non-hydrogen) atoms. The lowest BCUT2D eigenvalue weighted by Gasteiger charge is -2.29. The molecule has 1 aromatic heterocycles. The van der Waals surface area contributed by atoms with Gasteiger partial charge in [0.15, 0.2) is 11.5 Å². The highest BCUT2D eigenvalue weighted by Gasteiger charge is 2.24. The summed E-state index contributed by atoms with van der Waals surface area (Å²) in [6.45, 7) is 7.95. The van der Waals surface area contributed by atoms with Gasteiger partial charge in [-0.25, -0.2) is 13.8 Å². The number of nitrogens with zero attached hydrogens (tertiary/aromatic N) is 4. The third kappa shape index (κ3) is 6.77. The van der Waals surface area contributed by atoms with Gasteiger partial charge in [0.2, 0.25) is 0 Å². The van der Waals surface area contributed by atoms with E-state index in [9.17, 15) is 13.6 Å². The average molecular weight is 400 g/mol. The molecule has 1 amide bonds. The van der Waals surface area contributed by atoms with Gasteiger partial charge >= 0.3 is 0 Å². The molecule has 0 aliphatic carbocycles. The summed E-state index contributed by atoms with van der Waals surface area (Å²) in [5, 5.41) is 6.89. The molecule has 2 fully saturated rings. The summed E-state index contributed by atoms with van der Waals surface area (Å²) in [5.74, 6) is -2.15. The fourth-order valence-electron chi connectivity index (χ4n) is 3.23. The fraction of sp³-hybridized carbons (Fsp3) is 0.611. The topological polar surface area (TPSA) is 86.2 Å². The van der Waals surface area contributed by atoms with E-state index in [1.165, 1.54) is 0 Å². The smallest absolute Gasteiger partial charge is 0.290 e. The zero-order valence-electron chi connectivity index (χ0n) is 15.7. The number of halogens is 2. The Morgan fingerprint density at radius 2 is 1.75 bits per heavy atom. The van der Waals surface area contributed by atoms with E-state index in [2.05, 4.69) is 14.8 Å². The predicted octanol–water partition coefficient (Wildman–Crippen LogP) is 0.541. The number of hydrogen-bond acceptors (Lipinski definition) is 6. The van der Waals surface area contributed by atoms with Crippen LogP contribution in [-0.2, 0) is 9.53 Å². The lowest BCUT2D eigenvalue weighted by Crippen LogP contribution is -2.42. The number of morpholine rings is 1. The summed E-state index contributed by atoms with van der Waals surface area (Å²) < 4.78 is 32.1. The number of rotatable bonds is 4. The quantitative estimate of drug-likeness (QED) is 0.739. The first-order valence-electron chi connectivity index (χ1n) is 9.25. The van der Waals surface area contributed by atoms with E-state index >= 15 is 0 Å². The Bertz CT molecular complexity index is 644. The molecular weight excluding hydrogens is 374 g/mol. The SMILES string of the molecule is O=C(c1ncc(F)cc1F)N1CCCN(CCN2CCOCC2)CC1.O=CO. The summed E-state index contributed by atoms with van der Waals surface area (Å²) in [6.07, 6.45) is 1.71. The van der Waals surface area contributed by atoms with Gasteiger partial charge in [0, 0.05) is 51.9 Å². The van der Waals surface area contributed by atoms with Crippen molar-refractivity contribution >= 4 is 12.4 Å². The maximum absolute atomic E-state index is 13.8. The Labute approximate surface area is 162 Å². The Hall–Kier alpha value is -2.17. The van der Waals surface area contributed by atoms with E-state index < -0.39 is 17.5 Å². The summed E-state index contributed by atoms with van der Waals surface area (Å²) in [5.41, 5.74) is -0.303. The third-order valence-electron chi connectivity index (χ3n) is 4.72. The van der Waals surface area contributed by atoms with E-state index in [1.54, 1.807) is 4.90 Å². The largest absolute Gasteiger partial charge is 0.483 e. The number of carbonyl (C=O) groups is 2. The van der Waals surface area contributed by atoms with Crippen LogP contribution in [0.15, 0.2) is 12.3 Å². The second-order valence-electron chi connectivity index (χ2n) is 6.53. The molecule has 3 heterocycles. The van der Waals surface area contributed by atoms with Crippen LogP contribution in [0.25, 0.3) is 0 Å². The van der Waals surface area contributed by atoms with Gasteiger partial charge < -0.3 is 19.6 Å². The Morgan fingerprint density at radius 1 is 1.11 bits per heavy atom. The normalized spacial score (nSPS) is 18.7. The van der Waals surface area contributed by atoms with Gasteiger partial charge in [0.05, 0.1) is 19.4 Å². The highest BCUT2D eigenvalue weighted by molar-refractivity contribution is 5.92. The Balaban J connectivity index is 0.000000878. The maximum Gasteiger partial charge on any atom is 0.290 e. The van der Waals surface area contributed by atoms with Gasteiger partial charge in [0.1, 0.15) is 5.82 Å². The first-order valence-corrected chi connectivity index (χ1v) is 9.25. The van der Waals surface area contributed by atoms with E-state index in [4.69, 9.17) is 14.6 Å². The number of pyridine rings is 1. The van der Waals surface area contributed by atoms with E-state index in [0.717, 1.165) is 65.1 Å². The summed E-state index contributed by atoms with van der Waals surface area (Å²) in [4.78, 5) is 30.8. The lowest BCUT2D eigenvalue weighted by atomic mass is 10.3. The molecule has 0 radical (unpaired) electrons. The van der Waals surface area contributed by atoms with Crippen LogP contribution in [0.5, 0.6) is 0 Å². The minimum absolute atomic E-state index is 0.250. The van der Waals surface area contributed by atoms with E-state index in [1.807, 2.05) is 0 Å². The molecule has 0 unspecified atom stereocenters. The first-order chi connectivity index (χ1) is 13.5. The molecule has 0 saturated carbocycles. The molecule has 0 bridgehead atoms. The number of ether oxygens (including phenoxy) is 1. The highest BCUT2D eigenvalue weighted by atomic mass is 19.1. The van der Waals surface area contributed by atoms with Crippen LogP contribution in [0.2, 0.25) is 0 Å². The van der Waals surface area contributed by atoms with Crippen molar-refractivity contribution in [3.05, 3.63) is 29.6 Å². The molecular formula is C18H26F2N4O4. The van der Waals surface area contributed by atoms with Gasteiger partial charge in [-0.3, -0.25) is 14.5 Å². The van der Waals surface area contributed by atoms with Gasteiger partial charge in [-0.15, -0.1) is 0 Å². The van der Waals surface area contributed by atoms with Crippen LogP contribution >= 0.6 is 0 Å². The average Bonchev–Trinajstić information content (AvgIpc) is 2.93. The summed E-state index contributed by atoms with van der Waals surface area (Å²) >= 11 is 0. The van der Waals surface area contributed by atoms with Crippen LogP contribution in [0.3, 0.4) is 0 Å². The van der Waals surface area contributed by atoms with Crippen molar-refractivity contribution in [2.75, 3.05) is 65.6 Å². The van der Waals surface area contributed by atoms with Crippen molar-refractivity contribution in [2.24, 2.45) is 0 Å².